The minimum Gasteiger partial charge on any atom is -0.489 e. The number of ether oxygens (including phenoxy) is 1. The molecule has 4 nitrogen and oxygen atoms in total. The summed E-state index contributed by atoms with van der Waals surface area (Å²) < 4.78 is 18.9. The van der Waals surface area contributed by atoms with Crippen molar-refractivity contribution in [1.82, 2.24) is 5.32 Å². The maximum absolute atomic E-state index is 13.2. The van der Waals surface area contributed by atoms with Gasteiger partial charge in [0.15, 0.2) is 0 Å². The molecule has 0 aromatic heterocycles. The maximum Gasteiger partial charge on any atom is 0.241 e. The van der Waals surface area contributed by atoms with Gasteiger partial charge in [0.2, 0.25) is 5.91 Å². The lowest BCUT2D eigenvalue weighted by Crippen LogP contribution is -2.40. The van der Waals surface area contributed by atoms with Gasteiger partial charge in [-0.1, -0.05) is 42.8 Å². The quantitative estimate of drug-likeness (QED) is 0.787. The van der Waals surface area contributed by atoms with Crippen molar-refractivity contribution < 1.29 is 13.9 Å². The molecular formula is C19H24ClFN2O2. The first-order valence-electron chi connectivity index (χ1n) is 8.01. The van der Waals surface area contributed by atoms with Gasteiger partial charge in [-0.2, -0.15) is 0 Å². The zero-order chi connectivity index (χ0) is 17.5. The highest BCUT2D eigenvalue weighted by atomic mass is 35.5. The number of aryl methyl sites for hydroxylation is 1. The zero-order valence-electron chi connectivity index (χ0n) is 14.4. The second kappa shape index (κ2) is 10.0. The van der Waals surface area contributed by atoms with Crippen LogP contribution < -0.4 is 15.8 Å². The summed E-state index contributed by atoms with van der Waals surface area (Å²) in [5, 5.41) is 2.80. The van der Waals surface area contributed by atoms with Gasteiger partial charge in [-0.3, -0.25) is 4.79 Å². The highest BCUT2D eigenvalue weighted by Gasteiger charge is 2.17. The van der Waals surface area contributed by atoms with E-state index in [2.05, 4.69) is 5.32 Å². The first kappa shape index (κ1) is 20.9. The summed E-state index contributed by atoms with van der Waals surface area (Å²) in [6, 6.07) is 12.8. The molecule has 0 radical (unpaired) electrons. The Morgan fingerprint density at radius 1 is 1.24 bits per heavy atom. The maximum atomic E-state index is 13.2. The van der Waals surface area contributed by atoms with Gasteiger partial charge in [0.1, 0.15) is 23.7 Å². The molecule has 0 heterocycles. The molecule has 136 valence electrons. The number of nitrogens with two attached hydrogens (primary N) is 1. The first-order chi connectivity index (χ1) is 11.5. The first-order valence-corrected chi connectivity index (χ1v) is 8.01. The molecule has 3 N–H and O–H groups in total. The number of amides is 1. The number of benzene rings is 2. The molecule has 0 spiro atoms. The van der Waals surface area contributed by atoms with Crippen LogP contribution in [-0.4, -0.2) is 18.6 Å². The highest BCUT2D eigenvalue weighted by molar-refractivity contribution is 5.85. The molecule has 2 aromatic rings. The van der Waals surface area contributed by atoms with E-state index in [1.54, 1.807) is 12.1 Å². The molecule has 0 aliphatic heterocycles. The van der Waals surface area contributed by atoms with Crippen LogP contribution in [0.15, 0.2) is 48.5 Å². The third-order valence-electron chi connectivity index (χ3n) is 3.78. The van der Waals surface area contributed by atoms with Crippen molar-refractivity contribution in [2.45, 2.75) is 32.4 Å². The van der Waals surface area contributed by atoms with Crippen molar-refractivity contribution >= 4 is 18.3 Å². The molecule has 0 saturated heterocycles. The van der Waals surface area contributed by atoms with Gasteiger partial charge >= 0.3 is 0 Å². The van der Waals surface area contributed by atoms with Crippen LogP contribution in [0.1, 0.15) is 30.5 Å². The summed E-state index contributed by atoms with van der Waals surface area (Å²) in [6.45, 7) is 4.23. The lowest BCUT2D eigenvalue weighted by atomic mass is 10.1. The second-order valence-corrected chi connectivity index (χ2v) is 5.74. The number of hydrogen-bond acceptors (Lipinski definition) is 3. The molecular weight excluding hydrogens is 343 g/mol. The standard InChI is InChI=1S/C19H23FN2O2.ClH/c1-3-16(24-17-6-4-5-15(20)11-17)12-22-19(23)18(21)14-9-7-13(2)8-10-14;/h4-11,16,18H,3,12,21H2,1-2H3,(H,22,23);1H. The third-order valence-corrected chi connectivity index (χ3v) is 3.78. The van der Waals surface area contributed by atoms with Crippen LogP contribution in [-0.2, 0) is 4.79 Å². The van der Waals surface area contributed by atoms with Crippen molar-refractivity contribution in [1.29, 1.82) is 0 Å². The SMILES string of the molecule is CCC(CNC(=O)C(N)c1ccc(C)cc1)Oc1cccc(F)c1.Cl. The summed E-state index contributed by atoms with van der Waals surface area (Å²) in [5.74, 6) is -0.174. The smallest absolute Gasteiger partial charge is 0.241 e. The van der Waals surface area contributed by atoms with Crippen LogP contribution in [0.25, 0.3) is 0 Å². The molecule has 2 aromatic carbocycles. The van der Waals surface area contributed by atoms with Crippen LogP contribution in [0.4, 0.5) is 4.39 Å². The molecule has 2 rings (SSSR count). The van der Waals surface area contributed by atoms with E-state index in [0.717, 1.165) is 11.1 Å². The molecule has 6 heteroatoms. The van der Waals surface area contributed by atoms with E-state index in [0.29, 0.717) is 18.7 Å². The average molecular weight is 367 g/mol. The number of hydrogen-bond donors (Lipinski definition) is 2. The second-order valence-electron chi connectivity index (χ2n) is 5.74. The molecule has 0 aliphatic rings. The van der Waals surface area contributed by atoms with E-state index < -0.39 is 6.04 Å². The van der Waals surface area contributed by atoms with Crippen molar-refractivity contribution in [3.8, 4) is 5.75 Å². The summed E-state index contributed by atoms with van der Waals surface area (Å²) in [5.41, 5.74) is 7.86. The fraction of sp³-hybridized carbons (Fsp3) is 0.316. The van der Waals surface area contributed by atoms with E-state index in [4.69, 9.17) is 10.5 Å². The topological polar surface area (TPSA) is 64.4 Å². The molecule has 25 heavy (non-hydrogen) atoms. The van der Waals surface area contributed by atoms with Crippen molar-refractivity contribution in [2.75, 3.05) is 6.54 Å². The van der Waals surface area contributed by atoms with Crippen molar-refractivity contribution in [2.24, 2.45) is 5.73 Å². The van der Waals surface area contributed by atoms with Crippen LogP contribution in [0.5, 0.6) is 5.75 Å². The Bertz CT molecular complexity index is 679. The van der Waals surface area contributed by atoms with Crippen molar-refractivity contribution in [3.63, 3.8) is 0 Å². The van der Waals surface area contributed by atoms with Gasteiger partial charge in [-0.15, -0.1) is 12.4 Å². The molecule has 2 unspecified atom stereocenters. The van der Waals surface area contributed by atoms with E-state index in [1.165, 1.54) is 12.1 Å². The fourth-order valence-electron chi connectivity index (χ4n) is 2.25. The number of rotatable bonds is 7. The number of halogens is 2. The summed E-state index contributed by atoms with van der Waals surface area (Å²) in [7, 11) is 0. The Kier molecular flexibility index (Phi) is 8.38. The number of nitrogens with one attached hydrogen (secondary N) is 1. The molecule has 2 atom stereocenters. The van der Waals surface area contributed by atoms with Gasteiger partial charge < -0.3 is 15.8 Å². The molecule has 0 fully saturated rings. The number of carbonyl (C=O) groups is 1. The highest BCUT2D eigenvalue weighted by Crippen LogP contribution is 2.15. The monoisotopic (exact) mass is 366 g/mol. The minimum atomic E-state index is -0.725. The molecule has 0 saturated carbocycles. The largest absolute Gasteiger partial charge is 0.489 e. The minimum absolute atomic E-state index is 0. The van der Waals surface area contributed by atoms with Crippen molar-refractivity contribution in [3.05, 3.63) is 65.5 Å². The Morgan fingerprint density at radius 3 is 2.52 bits per heavy atom. The summed E-state index contributed by atoms with van der Waals surface area (Å²) >= 11 is 0. The molecule has 0 aliphatic carbocycles. The van der Waals surface area contributed by atoms with Crippen LogP contribution >= 0.6 is 12.4 Å². The summed E-state index contributed by atoms with van der Waals surface area (Å²) in [6.07, 6.45) is 0.428. The predicted octanol–water partition coefficient (Wildman–Crippen LogP) is 3.53. The van der Waals surface area contributed by atoms with E-state index in [1.807, 2.05) is 38.1 Å². The summed E-state index contributed by atoms with van der Waals surface area (Å²) in [4.78, 5) is 12.2. The lowest BCUT2D eigenvalue weighted by molar-refractivity contribution is -0.122. The van der Waals surface area contributed by atoms with E-state index >= 15 is 0 Å². The van der Waals surface area contributed by atoms with Crippen LogP contribution in [0.2, 0.25) is 0 Å². The number of carbonyl (C=O) groups excluding carboxylic acids is 1. The Balaban J connectivity index is 0.00000312. The van der Waals surface area contributed by atoms with Gasteiger partial charge in [0, 0.05) is 6.07 Å². The molecule has 1 amide bonds. The third kappa shape index (κ3) is 6.36. The van der Waals surface area contributed by atoms with Crippen LogP contribution in [0.3, 0.4) is 0 Å². The van der Waals surface area contributed by atoms with Gasteiger partial charge in [-0.25, -0.2) is 4.39 Å². The van der Waals surface area contributed by atoms with E-state index in [9.17, 15) is 9.18 Å². The van der Waals surface area contributed by atoms with Gasteiger partial charge in [0.25, 0.3) is 0 Å². The lowest BCUT2D eigenvalue weighted by Gasteiger charge is -2.20. The van der Waals surface area contributed by atoms with E-state index in [-0.39, 0.29) is 30.2 Å². The average Bonchev–Trinajstić information content (AvgIpc) is 2.58. The normalized spacial score (nSPS) is 12.6. The van der Waals surface area contributed by atoms with Gasteiger partial charge in [-0.05, 0) is 31.0 Å². The Labute approximate surface area is 154 Å². The molecule has 0 bridgehead atoms. The zero-order valence-corrected chi connectivity index (χ0v) is 15.2. The fourth-order valence-corrected chi connectivity index (χ4v) is 2.25. The van der Waals surface area contributed by atoms with Gasteiger partial charge in [0.05, 0.1) is 6.54 Å². The van der Waals surface area contributed by atoms with Crippen LogP contribution in [0, 0.1) is 12.7 Å². The Morgan fingerprint density at radius 2 is 1.92 bits per heavy atom. The predicted molar refractivity (Wildman–Crippen MR) is 99.5 cm³/mol. The Hall–Kier alpha value is -2.11.